The minimum absolute atomic E-state index is 0.221. The van der Waals surface area contributed by atoms with Gasteiger partial charge in [-0.25, -0.2) is 9.78 Å². The van der Waals surface area contributed by atoms with Gasteiger partial charge in [0.15, 0.2) is 0 Å². The molecule has 3 heterocycles. The van der Waals surface area contributed by atoms with Crippen LogP contribution in [0.3, 0.4) is 0 Å². The van der Waals surface area contributed by atoms with E-state index in [0.717, 1.165) is 28.3 Å². The van der Waals surface area contributed by atoms with Crippen LogP contribution in [-0.2, 0) is 15.1 Å². The zero-order valence-corrected chi connectivity index (χ0v) is 19.9. The number of nitrogens with one attached hydrogen (secondary N) is 1. The van der Waals surface area contributed by atoms with Crippen molar-refractivity contribution in [2.75, 3.05) is 26.7 Å². The predicted molar refractivity (Wildman–Crippen MR) is 129 cm³/mol. The summed E-state index contributed by atoms with van der Waals surface area (Å²) in [5.74, 6) is 0.241. The minimum Gasteiger partial charge on any atom is -0.497 e. The van der Waals surface area contributed by atoms with Crippen LogP contribution in [0.5, 0.6) is 5.75 Å². The first-order chi connectivity index (χ1) is 16.4. The number of amides is 4. The van der Waals surface area contributed by atoms with E-state index in [0.29, 0.717) is 30.3 Å². The molecule has 34 heavy (non-hydrogen) atoms. The Labute approximate surface area is 201 Å². The van der Waals surface area contributed by atoms with E-state index in [4.69, 9.17) is 9.72 Å². The number of benzene rings is 2. The smallest absolute Gasteiger partial charge is 0.325 e. The number of urea groups is 1. The number of piperidine rings is 1. The summed E-state index contributed by atoms with van der Waals surface area (Å²) >= 11 is 1.71. The number of rotatable bonds is 5. The third kappa shape index (κ3) is 3.90. The summed E-state index contributed by atoms with van der Waals surface area (Å²) < 4.78 is 6.42. The van der Waals surface area contributed by atoms with Crippen LogP contribution in [0.25, 0.3) is 10.2 Å². The number of carbonyl (C=O) groups excluding carboxylic acids is 3. The van der Waals surface area contributed by atoms with Crippen molar-refractivity contribution in [3.63, 3.8) is 0 Å². The topological polar surface area (TPSA) is 91.8 Å². The lowest BCUT2D eigenvalue weighted by molar-refractivity contribution is -0.139. The molecule has 1 atom stereocenters. The standard InChI is InChI=1S/C25H26N4O4S/c1-25(17-6-5-7-18(14-17)33-2)23(31)29(24(32)27-25)15-21(30)28-12-10-16(11-13-28)22-26-19-8-3-4-9-20(19)34-22/h3-9,14,16H,10-13,15H2,1-2H3,(H,27,32)/t25-/m1/s1. The summed E-state index contributed by atoms with van der Waals surface area (Å²) in [6.45, 7) is 2.54. The Morgan fingerprint density at radius 3 is 2.68 bits per heavy atom. The molecule has 0 radical (unpaired) electrons. The number of nitrogens with zero attached hydrogens (tertiary/aromatic N) is 3. The molecular formula is C25H26N4O4S. The molecule has 0 aliphatic carbocycles. The predicted octanol–water partition coefficient (Wildman–Crippen LogP) is 3.48. The van der Waals surface area contributed by atoms with Gasteiger partial charge < -0.3 is 15.0 Å². The molecule has 4 amide bonds. The van der Waals surface area contributed by atoms with Crippen LogP contribution in [-0.4, -0.2) is 59.4 Å². The number of thiazole rings is 1. The zero-order chi connectivity index (χ0) is 23.9. The van der Waals surface area contributed by atoms with Crippen molar-refractivity contribution in [1.82, 2.24) is 20.1 Å². The molecule has 5 rings (SSSR count). The Hall–Kier alpha value is -3.46. The second-order valence-corrected chi connectivity index (χ2v) is 9.92. The zero-order valence-electron chi connectivity index (χ0n) is 19.1. The average molecular weight is 479 g/mol. The number of hydrogen-bond donors (Lipinski definition) is 1. The highest BCUT2D eigenvalue weighted by atomic mass is 32.1. The molecule has 0 bridgehead atoms. The van der Waals surface area contributed by atoms with Crippen LogP contribution in [0.4, 0.5) is 4.79 Å². The number of imide groups is 1. The molecule has 1 aromatic heterocycles. The third-order valence-corrected chi connectivity index (χ3v) is 7.92. The highest BCUT2D eigenvalue weighted by molar-refractivity contribution is 7.18. The highest BCUT2D eigenvalue weighted by Gasteiger charge is 2.50. The van der Waals surface area contributed by atoms with Crippen molar-refractivity contribution in [3.05, 3.63) is 59.1 Å². The number of para-hydroxylation sites is 1. The van der Waals surface area contributed by atoms with Crippen LogP contribution < -0.4 is 10.1 Å². The van der Waals surface area contributed by atoms with Gasteiger partial charge in [0.05, 0.1) is 22.3 Å². The van der Waals surface area contributed by atoms with Gasteiger partial charge in [0.1, 0.15) is 17.8 Å². The molecule has 8 nitrogen and oxygen atoms in total. The normalized spacial score (nSPS) is 21.2. The maximum absolute atomic E-state index is 13.2. The first kappa shape index (κ1) is 22.3. The van der Waals surface area contributed by atoms with E-state index in [-0.39, 0.29) is 12.5 Å². The SMILES string of the molecule is COc1cccc([C@@]2(C)NC(=O)N(CC(=O)N3CCC(c4nc5ccccc5s4)CC3)C2=O)c1. The van der Waals surface area contributed by atoms with E-state index in [1.54, 1.807) is 54.5 Å². The van der Waals surface area contributed by atoms with Gasteiger partial charge in [0.2, 0.25) is 5.91 Å². The molecular weight excluding hydrogens is 452 g/mol. The molecule has 9 heteroatoms. The van der Waals surface area contributed by atoms with E-state index < -0.39 is 17.5 Å². The summed E-state index contributed by atoms with van der Waals surface area (Å²) in [5.41, 5.74) is 0.376. The Morgan fingerprint density at radius 1 is 1.18 bits per heavy atom. The maximum Gasteiger partial charge on any atom is 0.325 e. The van der Waals surface area contributed by atoms with Crippen molar-refractivity contribution in [2.45, 2.75) is 31.2 Å². The van der Waals surface area contributed by atoms with Gasteiger partial charge in [-0.3, -0.25) is 14.5 Å². The highest BCUT2D eigenvalue weighted by Crippen LogP contribution is 2.34. The van der Waals surface area contributed by atoms with E-state index in [9.17, 15) is 14.4 Å². The number of carbonyl (C=O) groups is 3. The maximum atomic E-state index is 13.2. The molecule has 1 N–H and O–H groups in total. The van der Waals surface area contributed by atoms with Crippen molar-refractivity contribution >= 4 is 39.4 Å². The van der Waals surface area contributed by atoms with E-state index in [1.165, 1.54) is 4.70 Å². The second-order valence-electron chi connectivity index (χ2n) is 8.85. The molecule has 2 aromatic carbocycles. The van der Waals surface area contributed by atoms with Gasteiger partial charge in [-0.2, -0.15) is 0 Å². The number of methoxy groups -OCH3 is 1. The van der Waals surface area contributed by atoms with E-state index in [2.05, 4.69) is 11.4 Å². The number of ether oxygens (including phenoxy) is 1. The molecule has 2 fully saturated rings. The van der Waals surface area contributed by atoms with Crippen molar-refractivity contribution in [2.24, 2.45) is 0 Å². The van der Waals surface area contributed by atoms with Gasteiger partial charge in [-0.05, 0) is 49.6 Å². The van der Waals surface area contributed by atoms with Gasteiger partial charge >= 0.3 is 6.03 Å². The largest absolute Gasteiger partial charge is 0.497 e. The van der Waals surface area contributed by atoms with Gasteiger partial charge in [0.25, 0.3) is 5.91 Å². The quantitative estimate of drug-likeness (QED) is 0.567. The van der Waals surface area contributed by atoms with Crippen molar-refractivity contribution in [1.29, 1.82) is 0 Å². The van der Waals surface area contributed by atoms with Crippen LogP contribution in [0.2, 0.25) is 0 Å². The summed E-state index contributed by atoms with van der Waals surface area (Å²) in [7, 11) is 1.54. The average Bonchev–Trinajstić information content (AvgIpc) is 3.39. The molecule has 0 unspecified atom stereocenters. The Balaban J connectivity index is 1.23. The van der Waals surface area contributed by atoms with Crippen LogP contribution in [0.1, 0.15) is 36.3 Å². The summed E-state index contributed by atoms with van der Waals surface area (Å²) in [6.07, 6.45) is 1.63. The lowest BCUT2D eigenvalue weighted by atomic mass is 9.92. The number of likely N-dealkylation sites (tertiary alicyclic amines) is 1. The summed E-state index contributed by atoms with van der Waals surface area (Å²) in [5, 5.41) is 3.86. The van der Waals surface area contributed by atoms with Crippen LogP contribution >= 0.6 is 11.3 Å². The van der Waals surface area contributed by atoms with Gasteiger partial charge in [-0.1, -0.05) is 24.3 Å². The third-order valence-electron chi connectivity index (χ3n) is 6.72. The van der Waals surface area contributed by atoms with E-state index in [1.807, 2.05) is 18.2 Å². The molecule has 2 aliphatic rings. The number of fused-ring (bicyclic) bond motifs is 1. The summed E-state index contributed by atoms with van der Waals surface area (Å²) in [4.78, 5) is 46.4. The molecule has 0 spiro atoms. The fourth-order valence-corrected chi connectivity index (χ4v) is 5.78. The Morgan fingerprint density at radius 2 is 1.94 bits per heavy atom. The molecule has 2 aliphatic heterocycles. The lowest BCUT2D eigenvalue weighted by Gasteiger charge is -2.32. The van der Waals surface area contributed by atoms with Gasteiger partial charge in [-0.15, -0.1) is 11.3 Å². The van der Waals surface area contributed by atoms with Crippen LogP contribution in [0, 0.1) is 0 Å². The summed E-state index contributed by atoms with van der Waals surface area (Å²) in [6, 6.07) is 14.6. The fraction of sp³-hybridized carbons (Fsp3) is 0.360. The van der Waals surface area contributed by atoms with Crippen molar-refractivity contribution in [3.8, 4) is 5.75 Å². The second kappa shape index (κ2) is 8.72. The fourth-order valence-electron chi connectivity index (χ4n) is 4.65. The Bertz CT molecular complexity index is 1230. The van der Waals surface area contributed by atoms with Gasteiger partial charge in [0, 0.05) is 19.0 Å². The van der Waals surface area contributed by atoms with Crippen molar-refractivity contribution < 1.29 is 19.1 Å². The van der Waals surface area contributed by atoms with E-state index >= 15 is 0 Å². The lowest BCUT2D eigenvalue weighted by Crippen LogP contribution is -2.46. The molecule has 2 saturated heterocycles. The monoisotopic (exact) mass is 478 g/mol. The minimum atomic E-state index is -1.24. The first-order valence-corrected chi connectivity index (χ1v) is 12.1. The van der Waals surface area contributed by atoms with Crippen LogP contribution in [0.15, 0.2) is 48.5 Å². The Kier molecular flexibility index (Phi) is 5.73. The molecule has 0 saturated carbocycles. The molecule has 176 valence electrons. The number of aromatic nitrogens is 1. The number of hydrogen-bond acceptors (Lipinski definition) is 6. The first-order valence-electron chi connectivity index (χ1n) is 11.3. The molecule has 3 aromatic rings.